The summed E-state index contributed by atoms with van der Waals surface area (Å²) in [6.45, 7) is 2.08. The van der Waals surface area contributed by atoms with Gasteiger partial charge in [0.25, 0.3) is 11.5 Å². The van der Waals surface area contributed by atoms with Crippen molar-refractivity contribution in [1.29, 1.82) is 0 Å². The van der Waals surface area contributed by atoms with Crippen molar-refractivity contribution in [2.75, 3.05) is 0 Å². The van der Waals surface area contributed by atoms with E-state index < -0.39 is 0 Å². The first-order valence-electron chi connectivity index (χ1n) is 10.8. The molecule has 0 unspecified atom stereocenters. The van der Waals surface area contributed by atoms with Gasteiger partial charge in [0.05, 0.1) is 6.21 Å². The van der Waals surface area contributed by atoms with E-state index in [4.69, 9.17) is 0 Å². The van der Waals surface area contributed by atoms with E-state index in [-0.39, 0.29) is 17.4 Å². The van der Waals surface area contributed by atoms with Crippen LogP contribution in [0.1, 0.15) is 41.4 Å². The van der Waals surface area contributed by atoms with Crippen molar-refractivity contribution in [2.45, 2.75) is 32.6 Å². The zero-order valence-electron chi connectivity index (χ0n) is 18.0. The second-order valence-electron chi connectivity index (χ2n) is 7.83. The first kappa shape index (κ1) is 20.6. The van der Waals surface area contributed by atoms with Crippen molar-refractivity contribution >= 4 is 18.1 Å². The number of aromatic nitrogens is 6. The van der Waals surface area contributed by atoms with Gasteiger partial charge in [0.1, 0.15) is 0 Å². The van der Waals surface area contributed by atoms with Crippen molar-refractivity contribution in [2.24, 2.45) is 4.99 Å². The standard InChI is InChI=1S/C24H21N7O2/c1-2-3-8-20-19(23(33)26-24-25-14-21(32)31(20)24)13-15-9-11-16(12-10-15)17-6-4-5-7-18(17)22-27-29-30-28-22/h4-7,9-12,14H,2-3,8,13H2,1H3,(H,27,28,29,30). The van der Waals surface area contributed by atoms with Crippen molar-refractivity contribution in [3.63, 3.8) is 0 Å². The van der Waals surface area contributed by atoms with Gasteiger partial charge in [-0.1, -0.05) is 61.9 Å². The van der Waals surface area contributed by atoms with Crippen LogP contribution in [0.5, 0.6) is 0 Å². The Morgan fingerprint density at radius 3 is 2.52 bits per heavy atom. The molecule has 0 atom stereocenters. The Balaban J connectivity index is 1.49. The van der Waals surface area contributed by atoms with E-state index in [1.54, 1.807) is 0 Å². The van der Waals surface area contributed by atoms with Crippen LogP contribution in [0.4, 0.5) is 5.95 Å². The molecule has 2 aromatic heterocycles. The summed E-state index contributed by atoms with van der Waals surface area (Å²) < 4.78 is 1.47. The van der Waals surface area contributed by atoms with Crippen molar-refractivity contribution < 1.29 is 4.79 Å². The summed E-state index contributed by atoms with van der Waals surface area (Å²) >= 11 is 0. The largest absolute Gasteiger partial charge is 0.278 e. The van der Waals surface area contributed by atoms with Gasteiger partial charge in [-0.3, -0.25) is 9.59 Å². The van der Waals surface area contributed by atoms with E-state index in [1.165, 1.54) is 10.8 Å². The van der Waals surface area contributed by atoms with Gasteiger partial charge in [-0.05, 0) is 34.7 Å². The lowest BCUT2D eigenvalue weighted by Gasteiger charge is -2.14. The zero-order chi connectivity index (χ0) is 22.8. The second-order valence-corrected chi connectivity index (χ2v) is 7.83. The van der Waals surface area contributed by atoms with Crippen LogP contribution in [0.15, 0.2) is 58.3 Å². The highest BCUT2D eigenvalue weighted by molar-refractivity contribution is 6.30. The number of carbonyl (C=O) groups is 1. The highest BCUT2D eigenvalue weighted by Crippen LogP contribution is 2.30. The van der Waals surface area contributed by atoms with Crippen molar-refractivity contribution in [3.8, 4) is 22.5 Å². The van der Waals surface area contributed by atoms with Gasteiger partial charge < -0.3 is 0 Å². The molecule has 1 N–H and O–H groups in total. The van der Waals surface area contributed by atoms with Gasteiger partial charge in [0.15, 0.2) is 0 Å². The van der Waals surface area contributed by atoms with Crippen LogP contribution < -0.4 is 5.56 Å². The number of fused-ring (bicyclic) bond motifs is 1. The number of hydrogen-bond donors (Lipinski definition) is 1. The quantitative estimate of drug-likeness (QED) is 0.471. The fraction of sp³-hybridized carbons (Fsp3) is 0.208. The summed E-state index contributed by atoms with van der Waals surface area (Å²) in [7, 11) is 0. The molecule has 0 saturated carbocycles. The van der Waals surface area contributed by atoms with E-state index >= 15 is 0 Å². The fourth-order valence-corrected chi connectivity index (χ4v) is 4.07. The number of unbranched alkanes of at least 4 members (excludes halogenated alkanes) is 1. The van der Waals surface area contributed by atoms with Crippen LogP contribution in [0.25, 0.3) is 22.5 Å². The van der Waals surface area contributed by atoms with Crippen LogP contribution in [0, 0.1) is 0 Å². The third-order valence-electron chi connectivity index (χ3n) is 5.72. The Bertz CT molecular complexity index is 1400. The molecule has 1 aliphatic heterocycles. The molecule has 0 aliphatic carbocycles. The molecule has 9 heteroatoms. The average molecular weight is 439 g/mol. The molecule has 9 nitrogen and oxygen atoms in total. The molecule has 0 radical (unpaired) electrons. The van der Waals surface area contributed by atoms with E-state index in [0.29, 0.717) is 29.9 Å². The predicted molar refractivity (Wildman–Crippen MR) is 124 cm³/mol. The number of tetrazole rings is 1. The predicted octanol–water partition coefficient (Wildman–Crippen LogP) is 3.38. The SMILES string of the molecule is CCCCc1c(Cc2ccc(-c3ccccc3-c3nn[nH]n3)cc2)c(=O)nc2n1C(=O)C=N2. The van der Waals surface area contributed by atoms with E-state index in [2.05, 4.69) is 37.5 Å². The van der Waals surface area contributed by atoms with Gasteiger partial charge in [-0.2, -0.15) is 10.2 Å². The van der Waals surface area contributed by atoms with Crippen LogP contribution in [-0.2, 0) is 12.8 Å². The highest BCUT2D eigenvalue weighted by atomic mass is 16.2. The molecular weight excluding hydrogens is 418 g/mol. The van der Waals surface area contributed by atoms with Gasteiger partial charge in [0, 0.05) is 23.2 Å². The molecule has 4 aromatic rings. The minimum Gasteiger partial charge on any atom is -0.267 e. The first-order valence-corrected chi connectivity index (χ1v) is 10.8. The molecule has 2 aromatic carbocycles. The summed E-state index contributed by atoms with van der Waals surface area (Å²) in [6, 6.07) is 15.8. The Labute approximate surface area is 189 Å². The zero-order valence-corrected chi connectivity index (χ0v) is 18.0. The second kappa shape index (κ2) is 8.70. The third kappa shape index (κ3) is 3.89. The molecular formula is C24H21N7O2. The smallest absolute Gasteiger partial charge is 0.267 e. The summed E-state index contributed by atoms with van der Waals surface area (Å²) in [5.41, 5.74) is 4.74. The molecule has 1 aliphatic rings. The van der Waals surface area contributed by atoms with Crippen LogP contribution in [-0.4, -0.2) is 42.3 Å². The number of aromatic amines is 1. The fourth-order valence-electron chi connectivity index (χ4n) is 4.07. The third-order valence-corrected chi connectivity index (χ3v) is 5.72. The summed E-state index contributed by atoms with van der Waals surface area (Å²) in [5, 5.41) is 14.3. The molecule has 0 amide bonds. The van der Waals surface area contributed by atoms with Crippen LogP contribution in [0.2, 0.25) is 0 Å². The van der Waals surface area contributed by atoms with Gasteiger partial charge >= 0.3 is 0 Å². The maximum Gasteiger partial charge on any atom is 0.278 e. The number of nitrogens with zero attached hydrogens (tertiary/aromatic N) is 6. The lowest BCUT2D eigenvalue weighted by Crippen LogP contribution is -2.24. The molecule has 0 saturated heterocycles. The normalized spacial score (nSPS) is 12.3. The van der Waals surface area contributed by atoms with E-state index in [1.807, 2.05) is 48.5 Å². The summed E-state index contributed by atoms with van der Waals surface area (Å²) in [6.07, 6.45) is 4.06. The number of benzene rings is 2. The van der Waals surface area contributed by atoms with Crippen molar-refractivity contribution in [1.82, 2.24) is 30.2 Å². The molecule has 33 heavy (non-hydrogen) atoms. The van der Waals surface area contributed by atoms with E-state index in [9.17, 15) is 9.59 Å². The average Bonchev–Trinajstić information content (AvgIpc) is 3.50. The number of aliphatic imine (C=N–C) groups is 1. The number of nitrogens with one attached hydrogen (secondary N) is 1. The van der Waals surface area contributed by atoms with Gasteiger partial charge in [-0.25, -0.2) is 9.56 Å². The lowest BCUT2D eigenvalue weighted by atomic mass is 9.96. The van der Waals surface area contributed by atoms with Gasteiger partial charge in [0.2, 0.25) is 11.8 Å². The highest BCUT2D eigenvalue weighted by Gasteiger charge is 2.23. The minimum absolute atomic E-state index is 0.174. The molecule has 3 heterocycles. The topological polar surface area (TPSA) is 119 Å². The Hall–Kier alpha value is -4.27. The van der Waals surface area contributed by atoms with Crippen LogP contribution >= 0.6 is 0 Å². The van der Waals surface area contributed by atoms with Crippen LogP contribution in [0.3, 0.4) is 0 Å². The minimum atomic E-state index is -0.328. The first-order chi connectivity index (χ1) is 16.2. The number of hydrogen-bond acceptors (Lipinski definition) is 7. The maximum absolute atomic E-state index is 12.8. The summed E-state index contributed by atoms with van der Waals surface area (Å²) in [5.74, 6) is 0.450. The summed E-state index contributed by atoms with van der Waals surface area (Å²) in [4.78, 5) is 33.2. The Morgan fingerprint density at radius 1 is 1.00 bits per heavy atom. The number of carbonyl (C=O) groups excluding carboxylic acids is 1. The molecule has 5 rings (SSSR count). The number of rotatable bonds is 7. The monoisotopic (exact) mass is 439 g/mol. The van der Waals surface area contributed by atoms with Gasteiger partial charge in [-0.15, -0.1) is 10.2 Å². The molecule has 0 spiro atoms. The molecule has 164 valence electrons. The Kier molecular flexibility index (Phi) is 5.43. The number of H-pyrrole nitrogens is 1. The Morgan fingerprint density at radius 2 is 1.79 bits per heavy atom. The molecule has 0 bridgehead atoms. The molecule has 0 fully saturated rings. The van der Waals surface area contributed by atoms with Crippen molar-refractivity contribution in [3.05, 3.63) is 75.7 Å². The lowest BCUT2D eigenvalue weighted by molar-refractivity contribution is 0.0998. The maximum atomic E-state index is 12.8. The van der Waals surface area contributed by atoms with E-state index in [0.717, 1.165) is 35.1 Å².